The first-order valence-corrected chi connectivity index (χ1v) is 6.08. The molecule has 0 spiro atoms. The molecular weight excluding hydrogens is 270 g/mol. The minimum Gasteiger partial charge on any atom is -0.367 e. The molecule has 1 aromatic rings. The van der Waals surface area contributed by atoms with Crippen molar-refractivity contribution in [3.8, 4) is 0 Å². The van der Waals surface area contributed by atoms with Crippen LogP contribution < -0.4 is 5.43 Å². The van der Waals surface area contributed by atoms with Gasteiger partial charge in [-0.3, -0.25) is 5.43 Å². The summed E-state index contributed by atoms with van der Waals surface area (Å²) in [5.41, 5.74) is 2.91. The minimum absolute atomic E-state index is 0.0493. The lowest BCUT2D eigenvalue weighted by atomic mass is 10.5. The maximum absolute atomic E-state index is 10.8. The lowest BCUT2D eigenvalue weighted by Crippen LogP contribution is -2.19. The third-order valence-corrected chi connectivity index (χ3v) is 3.12. The Kier molecular flexibility index (Phi) is 3.60. The van der Waals surface area contributed by atoms with Gasteiger partial charge in [-0.25, -0.2) is 9.55 Å². The van der Waals surface area contributed by atoms with Gasteiger partial charge in [-0.2, -0.15) is 0 Å². The lowest BCUT2D eigenvalue weighted by molar-refractivity contribution is -0.391. The summed E-state index contributed by atoms with van der Waals surface area (Å²) in [6, 6.07) is 0. The van der Waals surface area contributed by atoms with E-state index in [-0.39, 0.29) is 5.82 Å². The molecule has 102 valence electrons. The Morgan fingerprint density at radius 1 is 1.63 bits per heavy atom. The zero-order valence-corrected chi connectivity index (χ0v) is 11.5. The second-order valence-corrected chi connectivity index (χ2v) is 4.92. The van der Waals surface area contributed by atoms with E-state index >= 15 is 0 Å². The Morgan fingerprint density at radius 3 is 2.95 bits per heavy atom. The SMILES string of the molecule is CN(C)C=NN1NC=C(c2ncc([N+](=O)[O-])n2C)S1. The van der Waals surface area contributed by atoms with E-state index in [1.807, 2.05) is 14.1 Å². The highest BCUT2D eigenvalue weighted by Crippen LogP contribution is 2.33. The first kappa shape index (κ1) is 13.2. The monoisotopic (exact) mass is 283 g/mol. The standard InChI is InChI=1S/C9H13N7O2S/c1-13(2)6-12-16-11-4-7(19-16)9-10-5-8(14(9)3)15(17)18/h4-6,11H,1-3H3. The molecule has 2 rings (SSSR count). The second-order valence-electron chi connectivity index (χ2n) is 3.95. The van der Waals surface area contributed by atoms with Crippen LogP contribution in [0.3, 0.4) is 0 Å². The molecule has 0 radical (unpaired) electrons. The molecule has 0 aliphatic carbocycles. The van der Waals surface area contributed by atoms with Crippen molar-refractivity contribution in [2.24, 2.45) is 12.1 Å². The lowest BCUT2D eigenvalue weighted by Gasteiger charge is -2.10. The molecule has 1 N–H and O–H groups in total. The van der Waals surface area contributed by atoms with E-state index in [0.29, 0.717) is 5.82 Å². The number of nitrogens with zero attached hydrogens (tertiary/aromatic N) is 6. The molecule has 1 aromatic heterocycles. The normalized spacial score (nSPS) is 14.7. The van der Waals surface area contributed by atoms with Crippen LogP contribution in [0.1, 0.15) is 5.82 Å². The number of nitrogens with one attached hydrogen (secondary N) is 1. The van der Waals surface area contributed by atoms with Gasteiger partial charge in [0.25, 0.3) is 0 Å². The zero-order chi connectivity index (χ0) is 14.0. The van der Waals surface area contributed by atoms with Gasteiger partial charge in [0.15, 0.2) is 0 Å². The van der Waals surface area contributed by atoms with Crippen LogP contribution in [-0.2, 0) is 7.05 Å². The maximum atomic E-state index is 10.8. The summed E-state index contributed by atoms with van der Waals surface area (Å²) in [6.07, 6.45) is 4.57. The molecule has 0 bridgehead atoms. The fourth-order valence-electron chi connectivity index (χ4n) is 1.37. The zero-order valence-electron chi connectivity index (χ0n) is 10.6. The van der Waals surface area contributed by atoms with Crippen molar-refractivity contribution < 1.29 is 4.92 Å². The average molecular weight is 283 g/mol. The largest absolute Gasteiger partial charge is 0.367 e. The van der Waals surface area contributed by atoms with Crippen LogP contribution in [0, 0.1) is 10.1 Å². The van der Waals surface area contributed by atoms with E-state index in [2.05, 4.69) is 15.5 Å². The molecule has 0 unspecified atom stereocenters. The molecule has 1 aliphatic heterocycles. The Bertz CT molecular complexity index is 551. The van der Waals surface area contributed by atoms with Crippen LogP contribution in [0.25, 0.3) is 4.91 Å². The predicted molar refractivity (Wildman–Crippen MR) is 72.6 cm³/mol. The summed E-state index contributed by atoms with van der Waals surface area (Å²) < 4.78 is 2.97. The van der Waals surface area contributed by atoms with Crippen molar-refractivity contribution >= 4 is 29.0 Å². The van der Waals surface area contributed by atoms with Gasteiger partial charge >= 0.3 is 5.82 Å². The van der Waals surface area contributed by atoms with Gasteiger partial charge in [-0.15, -0.1) is 9.62 Å². The van der Waals surface area contributed by atoms with Gasteiger partial charge in [-0.1, -0.05) is 0 Å². The quantitative estimate of drug-likeness (QED) is 0.284. The van der Waals surface area contributed by atoms with Crippen LogP contribution in [0.4, 0.5) is 5.82 Å². The van der Waals surface area contributed by atoms with E-state index in [0.717, 1.165) is 4.91 Å². The Labute approximate surface area is 113 Å². The number of hydrogen-bond donors (Lipinski definition) is 1. The Morgan fingerprint density at radius 2 is 2.37 bits per heavy atom. The first-order chi connectivity index (χ1) is 8.99. The number of hydrogen-bond acceptors (Lipinski definition) is 7. The molecule has 0 fully saturated rings. The predicted octanol–water partition coefficient (Wildman–Crippen LogP) is 0.600. The van der Waals surface area contributed by atoms with E-state index in [9.17, 15) is 10.1 Å². The molecule has 0 atom stereocenters. The highest BCUT2D eigenvalue weighted by atomic mass is 32.2. The van der Waals surface area contributed by atoms with E-state index < -0.39 is 4.92 Å². The second kappa shape index (κ2) is 5.18. The topological polar surface area (TPSA) is 91.8 Å². The van der Waals surface area contributed by atoms with Gasteiger partial charge in [0.1, 0.15) is 17.4 Å². The molecule has 19 heavy (non-hydrogen) atoms. The number of aromatic nitrogens is 2. The summed E-state index contributed by atoms with van der Waals surface area (Å²) in [5.74, 6) is 0.471. The molecule has 0 saturated heterocycles. The minimum atomic E-state index is -0.466. The first-order valence-electron chi connectivity index (χ1n) is 5.30. The number of nitro groups is 1. The van der Waals surface area contributed by atoms with E-state index in [1.54, 1.807) is 24.5 Å². The Balaban J connectivity index is 2.11. The number of imidazole rings is 1. The summed E-state index contributed by atoms with van der Waals surface area (Å²) in [5, 5.41) is 14.9. The molecular formula is C9H13N7O2S. The third kappa shape index (κ3) is 2.78. The van der Waals surface area contributed by atoms with E-state index in [1.165, 1.54) is 27.2 Å². The molecule has 9 nitrogen and oxygen atoms in total. The summed E-state index contributed by atoms with van der Waals surface area (Å²) in [4.78, 5) is 16.9. The summed E-state index contributed by atoms with van der Waals surface area (Å²) >= 11 is 1.30. The Hall–Kier alpha value is -2.23. The molecule has 2 heterocycles. The highest BCUT2D eigenvalue weighted by molar-refractivity contribution is 8.06. The molecule has 0 aromatic carbocycles. The van der Waals surface area contributed by atoms with Crippen molar-refractivity contribution in [1.29, 1.82) is 0 Å². The number of hydrazone groups is 1. The summed E-state index contributed by atoms with van der Waals surface area (Å²) in [7, 11) is 5.33. The van der Waals surface area contributed by atoms with Gasteiger partial charge in [0.05, 0.1) is 7.05 Å². The highest BCUT2D eigenvalue weighted by Gasteiger charge is 2.25. The van der Waals surface area contributed by atoms with Crippen molar-refractivity contribution in [2.75, 3.05) is 14.1 Å². The van der Waals surface area contributed by atoms with Crippen LogP contribution >= 0.6 is 11.9 Å². The van der Waals surface area contributed by atoms with Crippen LogP contribution in [-0.4, -0.2) is 44.3 Å². The van der Waals surface area contributed by atoms with Crippen molar-refractivity contribution in [2.45, 2.75) is 0 Å². The van der Waals surface area contributed by atoms with Crippen LogP contribution in [0.2, 0.25) is 0 Å². The van der Waals surface area contributed by atoms with Crippen LogP contribution in [0.5, 0.6) is 0 Å². The number of rotatable bonds is 4. The molecule has 0 saturated carbocycles. The fourth-order valence-corrected chi connectivity index (χ4v) is 2.13. The van der Waals surface area contributed by atoms with Gasteiger partial charge in [0.2, 0.25) is 5.82 Å². The smallest absolute Gasteiger partial charge is 0.342 e. The average Bonchev–Trinajstić information content (AvgIpc) is 2.92. The third-order valence-electron chi connectivity index (χ3n) is 2.25. The van der Waals surface area contributed by atoms with Gasteiger partial charge < -0.3 is 15.0 Å². The van der Waals surface area contributed by atoms with Gasteiger partial charge in [-0.05, 0) is 4.92 Å². The number of hydrazine groups is 1. The van der Waals surface area contributed by atoms with Crippen molar-refractivity contribution in [3.05, 3.63) is 28.3 Å². The van der Waals surface area contributed by atoms with Crippen LogP contribution in [0.15, 0.2) is 17.5 Å². The van der Waals surface area contributed by atoms with E-state index in [4.69, 9.17) is 0 Å². The van der Waals surface area contributed by atoms with Gasteiger partial charge in [0, 0.05) is 32.2 Å². The fraction of sp³-hybridized carbons (Fsp3) is 0.333. The molecule has 10 heteroatoms. The maximum Gasteiger partial charge on any atom is 0.342 e. The van der Waals surface area contributed by atoms with Crippen molar-refractivity contribution in [3.63, 3.8) is 0 Å². The van der Waals surface area contributed by atoms with Crippen molar-refractivity contribution in [1.82, 2.24) is 24.4 Å². The molecule has 1 aliphatic rings. The summed E-state index contributed by atoms with van der Waals surface area (Å²) in [6.45, 7) is 0. The molecule has 0 amide bonds.